The summed E-state index contributed by atoms with van der Waals surface area (Å²) in [6.45, 7) is 4.70. The monoisotopic (exact) mass is 1110 g/mol. The van der Waals surface area contributed by atoms with E-state index in [2.05, 4.69) is 22.5 Å². The Hall–Kier alpha value is -7.39. The first-order chi connectivity index (χ1) is 39.1. The number of anilines is 2. The van der Waals surface area contributed by atoms with E-state index in [1.54, 1.807) is 41.3 Å². The Bertz CT molecular complexity index is 2660. The van der Waals surface area contributed by atoms with Crippen LogP contribution in [0.25, 0.3) is 0 Å². The molecule has 2 aliphatic heterocycles. The molecule has 0 saturated carbocycles. The highest BCUT2D eigenvalue weighted by Crippen LogP contribution is 2.26. The predicted octanol–water partition coefficient (Wildman–Crippen LogP) is 5.68. The Labute approximate surface area is 465 Å². The van der Waals surface area contributed by atoms with Gasteiger partial charge in [-0.1, -0.05) is 42.2 Å². The molecule has 0 bridgehead atoms. The van der Waals surface area contributed by atoms with Gasteiger partial charge in [0.2, 0.25) is 11.8 Å². The molecule has 0 aromatic heterocycles. The number of hydroxylamine groups is 2. The normalized spacial score (nSPS) is 12.7. The smallest absolute Gasteiger partial charge is 0.335 e. The first-order valence-electron chi connectivity index (χ1n) is 26.7. The number of nitrogens with zero attached hydrogens (tertiary/aromatic N) is 2. The van der Waals surface area contributed by atoms with Crippen molar-refractivity contribution in [3.8, 4) is 17.6 Å². The molecule has 21 nitrogen and oxygen atoms in total. The zero-order chi connectivity index (χ0) is 56.4. The number of ketones is 2. The molecule has 4 aromatic rings. The number of Topliss-reactive ketones (excluding diaryl/α,β-unsaturated/α-hetero) is 1. The first-order valence-corrected chi connectivity index (χ1v) is 26.7. The number of carbonyl (C=O) groups excluding carboxylic acids is 7. The molecule has 1 fully saturated rings. The van der Waals surface area contributed by atoms with Gasteiger partial charge in [0.05, 0.1) is 91.1 Å². The topological polar surface area (TPSA) is 242 Å². The number of carbonyl (C=O) groups is 7. The summed E-state index contributed by atoms with van der Waals surface area (Å²) in [6.07, 6.45) is 1.75. The van der Waals surface area contributed by atoms with Gasteiger partial charge >= 0.3 is 5.97 Å². The van der Waals surface area contributed by atoms with Crippen molar-refractivity contribution in [2.45, 2.75) is 64.3 Å². The van der Waals surface area contributed by atoms with E-state index in [1.165, 1.54) is 0 Å². The highest BCUT2D eigenvalue weighted by molar-refractivity contribution is 6.09. The fraction of sp³-hybridized carbons (Fsp3) is 0.441. The largest absolute Gasteiger partial charge is 0.494 e. The van der Waals surface area contributed by atoms with Crippen LogP contribution in [0.15, 0.2) is 97.1 Å². The maximum Gasteiger partial charge on any atom is 0.335 e. The quantitative estimate of drug-likeness (QED) is 0.0179. The molecule has 6 rings (SSSR count). The van der Waals surface area contributed by atoms with Crippen LogP contribution in [-0.4, -0.2) is 152 Å². The van der Waals surface area contributed by atoms with E-state index < -0.39 is 17.8 Å². The van der Waals surface area contributed by atoms with Crippen LogP contribution in [0, 0.1) is 11.8 Å². The number of hydrogen-bond acceptors (Lipinski definition) is 18. The van der Waals surface area contributed by atoms with Crippen molar-refractivity contribution < 1.29 is 81.0 Å². The molecule has 0 unspecified atom stereocenters. The molecule has 21 heteroatoms. The molecule has 2 N–H and O–H groups in total. The standard InChI is InChI=1S/C59H70N4O17/c64-51(20-23-55(66)62-41-49-9-2-1-7-45(49)12-13-46-8-3-4-11-53(46)62)10-5-30-75-42-77-44-78-43-76-32-26-54(65)61-28-6-31-79-52-21-16-48(17-22-52)59(70)47-14-18-50(19-15-47)60-29-34-72-36-38-74-40-39-73-37-35-71-33-27-58(69)80-63-56(67)24-25-57(63)68/h1-4,7-9,11,14-19,21-22,60H,5-6,10,20,23-44H2,(H,61,65). The Morgan fingerprint density at radius 2 is 1.10 bits per heavy atom. The second kappa shape index (κ2) is 36.0. The molecule has 0 radical (unpaired) electrons. The zero-order valence-corrected chi connectivity index (χ0v) is 45.0. The lowest BCUT2D eigenvalue weighted by atomic mass is 10.0. The lowest BCUT2D eigenvalue weighted by Gasteiger charge is -2.26. The third-order valence-corrected chi connectivity index (χ3v) is 12.0. The summed E-state index contributed by atoms with van der Waals surface area (Å²) < 4.78 is 49.0. The zero-order valence-electron chi connectivity index (χ0n) is 45.0. The van der Waals surface area contributed by atoms with Crippen molar-refractivity contribution in [1.82, 2.24) is 10.4 Å². The molecule has 0 atom stereocenters. The van der Waals surface area contributed by atoms with E-state index in [-0.39, 0.29) is 109 Å². The van der Waals surface area contributed by atoms with Crippen LogP contribution >= 0.6 is 0 Å². The number of amides is 4. The van der Waals surface area contributed by atoms with Gasteiger partial charge in [0, 0.05) is 79.7 Å². The van der Waals surface area contributed by atoms with E-state index in [1.807, 2.05) is 60.7 Å². The summed E-state index contributed by atoms with van der Waals surface area (Å²) in [7, 11) is 0. The lowest BCUT2D eigenvalue weighted by Crippen LogP contribution is -2.32. The second-order valence-corrected chi connectivity index (χ2v) is 18.0. The minimum Gasteiger partial charge on any atom is -0.494 e. The van der Waals surface area contributed by atoms with E-state index >= 15 is 0 Å². The second-order valence-electron chi connectivity index (χ2n) is 18.0. The SMILES string of the molecule is O=C(CCCOCOCOCOCCC(=O)NCCCOc1ccc(C(=O)c2ccc(NCCOCCOCCOCCOCCC(=O)ON3C(=O)CCC3=O)cc2)cc1)CCC(=O)N1Cc2ccccc2C#Cc2ccccc21. The van der Waals surface area contributed by atoms with Crippen LogP contribution < -0.4 is 20.3 Å². The van der Waals surface area contributed by atoms with Gasteiger partial charge in [0.15, 0.2) is 12.6 Å². The van der Waals surface area contributed by atoms with Crippen LogP contribution in [0.1, 0.15) is 90.4 Å². The molecule has 428 valence electrons. The lowest BCUT2D eigenvalue weighted by molar-refractivity contribution is -0.198. The molecule has 2 aliphatic rings. The van der Waals surface area contributed by atoms with E-state index in [0.717, 1.165) is 28.1 Å². The van der Waals surface area contributed by atoms with Crippen molar-refractivity contribution in [1.29, 1.82) is 0 Å². The summed E-state index contributed by atoms with van der Waals surface area (Å²) in [5.41, 5.74) is 5.27. The third kappa shape index (κ3) is 22.8. The van der Waals surface area contributed by atoms with Gasteiger partial charge in [-0.3, -0.25) is 28.8 Å². The number of nitrogens with one attached hydrogen (secondary N) is 2. The summed E-state index contributed by atoms with van der Waals surface area (Å²) in [6, 6.07) is 29.4. The van der Waals surface area contributed by atoms with Gasteiger partial charge in [0.25, 0.3) is 11.8 Å². The highest BCUT2D eigenvalue weighted by Gasteiger charge is 2.32. The molecule has 2 heterocycles. The van der Waals surface area contributed by atoms with Gasteiger partial charge in [-0.25, -0.2) is 4.79 Å². The Morgan fingerprint density at radius 1 is 0.512 bits per heavy atom. The molecule has 0 aliphatic carbocycles. The van der Waals surface area contributed by atoms with E-state index in [9.17, 15) is 33.6 Å². The van der Waals surface area contributed by atoms with Gasteiger partial charge in [0.1, 0.15) is 25.1 Å². The summed E-state index contributed by atoms with van der Waals surface area (Å²) in [5.74, 6) is 4.81. The number of rotatable bonds is 40. The maximum atomic E-state index is 13.4. The number of para-hydroxylation sites is 1. The van der Waals surface area contributed by atoms with Crippen molar-refractivity contribution in [3.05, 3.63) is 125 Å². The van der Waals surface area contributed by atoms with Crippen molar-refractivity contribution >= 4 is 52.5 Å². The van der Waals surface area contributed by atoms with Crippen LogP contribution in [0.3, 0.4) is 0 Å². The summed E-state index contributed by atoms with van der Waals surface area (Å²) in [4.78, 5) is 92.5. The predicted molar refractivity (Wildman–Crippen MR) is 290 cm³/mol. The van der Waals surface area contributed by atoms with E-state index in [0.29, 0.717) is 107 Å². The Balaban J connectivity index is 0.675. The highest BCUT2D eigenvalue weighted by atomic mass is 16.8. The van der Waals surface area contributed by atoms with E-state index in [4.69, 9.17) is 47.5 Å². The van der Waals surface area contributed by atoms with Gasteiger partial charge in [-0.15, -0.1) is 5.06 Å². The van der Waals surface area contributed by atoms with Crippen LogP contribution in [0.2, 0.25) is 0 Å². The van der Waals surface area contributed by atoms with Gasteiger partial charge < -0.3 is 63.0 Å². The van der Waals surface area contributed by atoms with Crippen molar-refractivity contribution in [2.24, 2.45) is 0 Å². The summed E-state index contributed by atoms with van der Waals surface area (Å²) >= 11 is 0. The molecule has 4 amide bonds. The number of ether oxygens (including phenoxy) is 9. The van der Waals surface area contributed by atoms with Gasteiger partial charge in [-0.2, -0.15) is 0 Å². The average molecular weight is 1110 g/mol. The molecular weight excluding hydrogens is 1040 g/mol. The minimum absolute atomic E-state index is 0.0144. The number of imide groups is 1. The number of hydrogen-bond donors (Lipinski definition) is 2. The molecule has 1 saturated heterocycles. The van der Waals surface area contributed by atoms with Gasteiger partial charge in [-0.05, 0) is 85.1 Å². The van der Waals surface area contributed by atoms with Crippen LogP contribution in [0.4, 0.5) is 11.4 Å². The third-order valence-electron chi connectivity index (χ3n) is 12.0. The molecular formula is C59H70N4O17. The molecule has 4 aromatic carbocycles. The van der Waals surface area contributed by atoms with Crippen molar-refractivity contribution in [3.63, 3.8) is 0 Å². The number of benzene rings is 4. The number of fused-ring (bicyclic) bond motifs is 2. The van der Waals surface area contributed by atoms with Crippen LogP contribution in [-0.2, 0) is 78.0 Å². The average Bonchev–Trinajstić information content (AvgIpc) is 3.79. The van der Waals surface area contributed by atoms with Crippen molar-refractivity contribution in [2.75, 3.05) is 116 Å². The fourth-order valence-corrected chi connectivity index (χ4v) is 7.79. The fourth-order valence-electron chi connectivity index (χ4n) is 7.79. The molecule has 0 spiro atoms. The first kappa shape index (κ1) is 61.8. The van der Waals surface area contributed by atoms with Crippen LogP contribution in [0.5, 0.6) is 5.75 Å². The minimum atomic E-state index is -0.716. The Morgan fingerprint density at radius 3 is 1.81 bits per heavy atom. The Kier molecular flexibility index (Phi) is 27.8. The molecule has 80 heavy (non-hydrogen) atoms. The summed E-state index contributed by atoms with van der Waals surface area (Å²) in [5, 5.41) is 6.60. The maximum absolute atomic E-state index is 13.4.